The van der Waals surface area contributed by atoms with Crippen LogP contribution in [0, 0.1) is 6.92 Å². The van der Waals surface area contributed by atoms with Crippen LogP contribution in [0.1, 0.15) is 32.6 Å². The first-order valence-corrected chi connectivity index (χ1v) is 8.05. The van der Waals surface area contributed by atoms with Crippen molar-refractivity contribution >= 4 is 5.97 Å². The lowest BCUT2D eigenvalue weighted by Gasteiger charge is -2.36. The zero-order valence-electron chi connectivity index (χ0n) is 13.4. The molecule has 25 heavy (non-hydrogen) atoms. The van der Waals surface area contributed by atoms with E-state index in [1.54, 1.807) is 24.3 Å². The average Bonchev–Trinajstić information content (AvgIpc) is 2.88. The Morgan fingerprint density at radius 2 is 1.60 bits per heavy atom. The lowest BCUT2D eigenvalue weighted by atomic mass is 9.77. The van der Waals surface area contributed by atoms with Gasteiger partial charge in [-0.1, -0.05) is 30.3 Å². The lowest BCUT2D eigenvalue weighted by Crippen LogP contribution is -2.33. The third-order valence-corrected chi connectivity index (χ3v) is 4.85. The van der Waals surface area contributed by atoms with Crippen LogP contribution < -0.4 is 4.74 Å². The third kappa shape index (κ3) is 1.74. The summed E-state index contributed by atoms with van der Waals surface area (Å²) in [5.74, 6) is 0.857. The second kappa shape index (κ2) is 4.63. The number of carbonyl (C=O) groups excluding carboxylic acids is 1. The third-order valence-electron chi connectivity index (χ3n) is 4.85. The minimum Gasteiger partial charge on any atom is -0.508 e. The van der Waals surface area contributed by atoms with Crippen LogP contribution in [0.4, 0.5) is 0 Å². The molecule has 0 aromatic heterocycles. The largest absolute Gasteiger partial charge is 0.508 e. The van der Waals surface area contributed by atoms with Gasteiger partial charge in [-0.05, 0) is 36.8 Å². The van der Waals surface area contributed by atoms with Crippen molar-refractivity contribution < 1.29 is 19.4 Å². The summed E-state index contributed by atoms with van der Waals surface area (Å²) >= 11 is 0. The number of rotatable bonds is 0. The molecule has 1 atom stereocenters. The van der Waals surface area contributed by atoms with E-state index in [0.717, 1.165) is 16.7 Å². The van der Waals surface area contributed by atoms with Crippen molar-refractivity contribution in [3.05, 3.63) is 88.5 Å². The van der Waals surface area contributed by atoms with Crippen LogP contribution in [0.2, 0.25) is 0 Å². The Morgan fingerprint density at radius 1 is 0.880 bits per heavy atom. The molecule has 3 aromatic carbocycles. The molecule has 0 saturated carbocycles. The fraction of sp³-hybridized carbons (Fsp3) is 0.0952. The van der Waals surface area contributed by atoms with E-state index >= 15 is 0 Å². The Hall–Kier alpha value is -3.27. The number of phenolic OH excluding ortho intramolecular Hbond substituents is 1. The first-order chi connectivity index (χ1) is 12.1. The van der Waals surface area contributed by atoms with Crippen LogP contribution in [0.15, 0.2) is 60.7 Å². The number of carbonyl (C=O) groups is 1. The van der Waals surface area contributed by atoms with Gasteiger partial charge in [0.05, 0.1) is 5.56 Å². The molecule has 0 aliphatic carbocycles. The first-order valence-electron chi connectivity index (χ1n) is 8.05. The van der Waals surface area contributed by atoms with Gasteiger partial charge in [0.2, 0.25) is 0 Å². The molecule has 0 fully saturated rings. The molecule has 1 N–H and O–H groups in total. The van der Waals surface area contributed by atoms with Gasteiger partial charge in [-0.3, -0.25) is 0 Å². The smallest absolute Gasteiger partial charge is 0.340 e. The minimum absolute atomic E-state index is 0.0996. The highest BCUT2D eigenvalue weighted by Crippen LogP contribution is 2.56. The van der Waals surface area contributed by atoms with Crippen molar-refractivity contribution in [3.8, 4) is 17.2 Å². The second-order valence-corrected chi connectivity index (χ2v) is 6.40. The van der Waals surface area contributed by atoms with E-state index < -0.39 is 5.60 Å². The highest BCUT2D eigenvalue weighted by Gasteiger charge is 2.53. The van der Waals surface area contributed by atoms with Crippen LogP contribution in [0.3, 0.4) is 0 Å². The molecule has 2 aliphatic heterocycles. The summed E-state index contributed by atoms with van der Waals surface area (Å²) in [5.41, 5.74) is 2.82. The molecule has 2 aliphatic rings. The van der Waals surface area contributed by atoms with Crippen molar-refractivity contribution in [3.63, 3.8) is 0 Å². The molecule has 0 radical (unpaired) electrons. The Kier molecular flexibility index (Phi) is 2.61. The molecule has 5 rings (SSSR count). The number of aromatic hydroxyl groups is 1. The highest BCUT2D eigenvalue weighted by molar-refractivity contribution is 5.97. The molecule has 2 heterocycles. The summed E-state index contributed by atoms with van der Waals surface area (Å²) in [6.07, 6.45) is 0. The van der Waals surface area contributed by atoms with Gasteiger partial charge in [0.1, 0.15) is 17.2 Å². The zero-order chi connectivity index (χ0) is 17.2. The molecule has 1 unspecified atom stereocenters. The van der Waals surface area contributed by atoms with Crippen LogP contribution in [-0.4, -0.2) is 11.1 Å². The molecule has 0 bridgehead atoms. The van der Waals surface area contributed by atoms with Crippen molar-refractivity contribution in [1.29, 1.82) is 0 Å². The topological polar surface area (TPSA) is 55.8 Å². The standard InChI is InChI=1S/C21H14O4/c1-12-6-8-16-18(10-12)24-19-11-13(22)7-9-17(19)21(16)15-5-3-2-4-14(15)20(23)25-21/h2-11,22H,1H3. The van der Waals surface area contributed by atoms with Crippen LogP contribution in [0.5, 0.6) is 17.2 Å². The second-order valence-electron chi connectivity index (χ2n) is 6.40. The van der Waals surface area contributed by atoms with E-state index in [2.05, 4.69) is 0 Å². The summed E-state index contributed by atoms with van der Waals surface area (Å²) in [5, 5.41) is 9.88. The number of phenols is 1. The summed E-state index contributed by atoms with van der Waals surface area (Å²) in [4.78, 5) is 12.6. The summed E-state index contributed by atoms with van der Waals surface area (Å²) in [6.45, 7) is 1.98. The number of ether oxygens (including phenoxy) is 2. The monoisotopic (exact) mass is 330 g/mol. The normalized spacial score (nSPS) is 19.6. The first kappa shape index (κ1) is 14.1. The number of fused-ring (bicyclic) bond motifs is 6. The van der Waals surface area contributed by atoms with Gasteiger partial charge >= 0.3 is 5.97 Å². The quantitative estimate of drug-likeness (QED) is 0.626. The molecule has 122 valence electrons. The highest BCUT2D eigenvalue weighted by atomic mass is 16.6. The fourth-order valence-electron chi connectivity index (χ4n) is 3.77. The van der Waals surface area contributed by atoms with Crippen LogP contribution >= 0.6 is 0 Å². The van der Waals surface area contributed by atoms with Crippen LogP contribution in [-0.2, 0) is 10.3 Å². The van der Waals surface area contributed by atoms with Crippen molar-refractivity contribution in [1.82, 2.24) is 0 Å². The molecule has 0 amide bonds. The molecule has 3 aromatic rings. The summed E-state index contributed by atoms with van der Waals surface area (Å²) in [7, 11) is 0. The molecule has 4 heteroatoms. The molecular formula is C21H14O4. The average molecular weight is 330 g/mol. The maximum atomic E-state index is 12.6. The number of hydrogen-bond donors (Lipinski definition) is 1. The van der Waals surface area contributed by atoms with E-state index in [1.807, 2.05) is 43.3 Å². The SMILES string of the molecule is Cc1ccc2c(c1)Oc1cc(O)ccc1C21OC(=O)c2ccccc21. The Morgan fingerprint density at radius 3 is 2.44 bits per heavy atom. The van der Waals surface area contributed by atoms with E-state index in [0.29, 0.717) is 22.6 Å². The number of benzene rings is 3. The van der Waals surface area contributed by atoms with E-state index in [1.165, 1.54) is 0 Å². The zero-order valence-corrected chi connectivity index (χ0v) is 13.4. The van der Waals surface area contributed by atoms with Gasteiger partial charge in [0.15, 0.2) is 5.60 Å². The van der Waals surface area contributed by atoms with Crippen LogP contribution in [0.25, 0.3) is 0 Å². The molecular weight excluding hydrogens is 316 g/mol. The van der Waals surface area contributed by atoms with Gasteiger partial charge in [0.25, 0.3) is 0 Å². The number of hydrogen-bond acceptors (Lipinski definition) is 4. The van der Waals surface area contributed by atoms with Crippen molar-refractivity contribution in [2.45, 2.75) is 12.5 Å². The van der Waals surface area contributed by atoms with E-state index in [-0.39, 0.29) is 11.7 Å². The predicted molar refractivity (Wildman–Crippen MR) is 91.1 cm³/mol. The number of esters is 1. The van der Waals surface area contributed by atoms with Crippen molar-refractivity contribution in [2.75, 3.05) is 0 Å². The van der Waals surface area contributed by atoms with E-state index in [4.69, 9.17) is 9.47 Å². The Balaban J connectivity index is 1.91. The summed E-state index contributed by atoms with van der Waals surface area (Å²) < 4.78 is 12.0. The maximum Gasteiger partial charge on any atom is 0.340 e. The Bertz CT molecular complexity index is 1000. The van der Waals surface area contributed by atoms with Gasteiger partial charge in [0, 0.05) is 22.8 Å². The number of aryl methyl sites for hydroxylation is 1. The van der Waals surface area contributed by atoms with Gasteiger partial charge in [-0.15, -0.1) is 0 Å². The predicted octanol–water partition coefficient (Wildman–Crippen LogP) is 4.27. The summed E-state index contributed by atoms with van der Waals surface area (Å²) in [6, 6.07) is 18.1. The van der Waals surface area contributed by atoms with Gasteiger partial charge < -0.3 is 14.6 Å². The van der Waals surface area contributed by atoms with Gasteiger partial charge in [-0.25, -0.2) is 4.79 Å². The van der Waals surface area contributed by atoms with Gasteiger partial charge in [-0.2, -0.15) is 0 Å². The van der Waals surface area contributed by atoms with Crippen molar-refractivity contribution in [2.24, 2.45) is 0 Å². The molecule has 4 nitrogen and oxygen atoms in total. The maximum absolute atomic E-state index is 12.6. The lowest BCUT2D eigenvalue weighted by molar-refractivity contribution is 0.0224. The Labute approximate surface area is 144 Å². The minimum atomic E-state index is -1.06. The molecule has 0 saturated heterocycles. The fourth-order valence-corrected chi connectivity index (χ4v) is 3.77. The van der Waals surface area contributed by atoms with E-state index in [9.17, 15) is 9.90 Å². The molecule has 1 spiro atoms.